The zero-order chi connectivity index (χ0) is 15.4. The van der Waals surface area contributed by atoms with E-state index in [1.165, 1.54) is 0 Å². The van der Waals surface area contributed by atoms with Crippen LogP contribution in [-0.2, 0) is 6.54 Å². The van der Waals surface area contributed by atoms with Gasteiger partial charge < -0.3 is 10.1 Å². The highest BCUT2D eigenvalue weighted by Gasteiger charge is 2.12. The van der Waals surface area contributed by atoms with E-state index >= 15 is 0 Å². The smallest absolute Gasteiger partial charge is 0.168 e. The van der Waals surface area contributed by atoms with E-state index in [2.05, 4.69) is 45.1 Å². The third-order valence-electron chi connectivity index (χ3n) is 3.07. The molecule has 1 aromatic heterocycles. The molecule has 2 aromatic rings. The molecule has 0 bridgehead atoms. The van der Waals surface area contributed by atoms with Gasteiger partial charge in [0, 0.05) is 16.9 Å². The Balaban J connectivity index is 2.34. The second kappa shape index (κ2) is 7.00. The van der Waals surface area contributed by atoms with Gasteiger partial charge in [-0.3, -0.25) is 0 Å². The highest BCUT2D eigenvalue weighted by Crippen LogP contribution is 2.29. The van der Waals surface area contributed by atoms with Gasteiger partial charge in [0.2, 0.25) is 0 Å². The molecule has 0 aliphatic heterocycles. The summed E-state index contributed by atoms with van der Waals surface area (Å²) < 4.78 is 7.03. The van der Waals surface area contributed by atoms with Gasteiger partial charge >= 0.3 is 0 Å². The molecule has 0 radical (unpaired) electrons. The Morgan fingerprint density at radius 1 is 1.29 bits per heavy atom. The Morgan fingerprint density at radius 2 is 2.05 bits per heavy atom. The lowest BCUT2D eigenvalue weighted by Crippen LogP contribution is -2.11. The first kappa shape index (κ1) is 15.9. The van der Waals surface area contributed by atoms with Crippen LogP contribution in [0.1, 0.15) is 36.8 Å². The molecule has 0 aliphatic carbocycles. The van der Waals surface area contributed by atoms with Gasteiger partial charge in [0.25, 0.3) is 0 Å². The monoisotopic (exact) mass is 349 g/mol. The van der Waals surface area contributed by atoms with Crippen molar-refractivity contribution in [1.82, 2.24) is 15.3 Å². The summed E-state index contributed by atoms with van der Waals surface area (Å²) in [4.78, 5) is 8.99. The Bertz CT molecular complexity index is 629. The SMILES string of the molecule is CNCc1nc(C(C)C)ncc1Oc1ccc(Br)cc1C. The molecule has 0 saturated carbocycles. The zero-order valence-electron chi connectivity index (χ0n) is 12.8. The Labute approximate surface area is 134 Å². The van der Waals surface area contributed by atoms with Crippen molar-refractivity contribution in [3.8, 4) is 11.5 Å². The van der Waals surface area contributed by atoms with Crippen LogP contribution >= 0.6 is 15.9 Å². The fourth-order valence-corrected chi connectivity index (χ4v) is 2.40. The summed E-state index contributed by atoms with van der Waals surface area (Å²) in [5.41, 5.74) is 1.94. The summed E-state index contributed by atoms with van der Waals surface area (Å²) in [5, 5.41) is 3.12. The molecule has 5 heteroatoms. The maximum absolute atomic E-state index is 6.00. The molecule has 0 aliphatic rings. The molecule has 0 saturated heterocycles. The highest BCUT2D eigenvalue weighted by molar-refractivity contribution is 9.10. The molecule has 112 valence electrons. The van der Waals surface area contributed by atoms with Gasteiger partial charge in [0.15, 0.2) is 5.75 Å². The topological polar surface area (TPSA) is 47.0 Å². The van der Waals surface area contributed by atoms with E-state index in [4.69, 9.17) is 4.74 Å². The third kappa shape index (κ3) is 4.02. The first-order valence-corrected chi connectivity index (χ1v) is 7.75. The van der Waals surface area contributed by atoms with Crippen LogP contribution in [0.15, 0.2) is 28.9 Å². The van der Waals surface area contributed by atoms with Crippen LogP contribution in [0.25, 0.3) is 0 Å². The first-order chi connectivity index (χ1) is 10.0. The Hall–Kier alpha value is -1.46. The minimum atomic E-state index is 0.295. The van der Waals surface area contributed by atoms with Crippen molar-refractivity contribution in [3.63, 3.8) is 0 Å². The van der Waals surface area contributed by atoms with E-state index < -0.39 is 0 Å². The predicted molar refractivity (Wildman–Crippen MR) is 87.8 cm³/mol. The Morgan fingerprint density at radius 3 is 2.67 bits per heavy atom. The lowest BCUT2D eigenvalue weighted by atomic mass is 10.2. The molecule has 0 amide bonds. The third-order valence-corrected chi connectivity index (χ3v) is 3.56. The van der Waals surface area contributed by atoms with Crippen molar-refractivity contribution in [2.75, 3.05) is 7.05 Å². The largest absolute Gasteiger partial charge is 0.453 e. The fraction of sp³-hybridized carbons (Fsp3) is 0.375. The summed E-state index contributed by atoms with van der Waals surface area (Å²) in [6.45, 7) is 6.82. The van der Waals surface area contributed by atoms with E-state index in [0.29, 0.717) is 18.2 Å². The molecule has 0 unspecified atom stereocenters. The van der Waals surface area contributed by atoms with E-state index in [9.17, 15) is 0 Å². The number of hydrogen-bond acceptors (Lipinski definition) is 4. The summed E-state index contributed by atoms with van der Waals surface area (Å²) in [6, 6.07) is 5.93. The molecule has 4 nitrogen and oxygen atoms in total. The van der Waals surface area contributed by atoms with Crippen LogP contribution in [0.2, 0.25) is 0 Å². The number of aromatic nitrogens is 2. The number of nitrogens with zero attached hydrogens (tertiary/aromatic N) is 2. The lowest BCUT2D eigenvalue weighted by molar-refractivity contribution is 0.461. The average molecular weight is 350 g/mol. The van der Waals surface area contributed by atoms with Crippen molar-refractivity contribution in [3.05, 3.63) is 46.0 Å². The minimum absolute atomic E-state index is 0.295. The maximum atomic E-state index is 6.00. The fourth-order valence-electron chi connectivity index (χ4n) is 1.92. The summed E-state index contributed by atoms with van der Waals surface area (Å²) in [5.74, 6) is 2.64. The number of nitrogens with one attached hydrogen (secondary N) is 1. The van der Waals surface area contributed by atoms with Crippen molar-refractivity contribution in [2.24, 2.45) is 0 Å². The number of hydrogen-bond donors (Lipinski definition) is 1. The van der Waals surface area contributed by atoms with Crippen LogP contribution in [-0.4, -0.2) is 17.0 Å². The van der Waals surface area contributed by atoms with Gasteiger partial charge in [-0.25, -0.2) is 9.97 Å². The van der Waals surface area contributed by atoms with Crippen molar-refractivity contribution in [1.29, 1.82) is 0 Å². The second-order valence-corrected chi connectivity index (χ2v) is 6.15. The molecule has 0 spiro atoms. The van der Waals surface area contributed by atoms with Crippen LogP contribution in [0, 0.1) is 6.92 Å². The predicted octanol–water partition coefficient (Wildman–Crippen LogP) is 4.18. The van der Waals surface area contributed by atoms with Gasteiger partial charge in [-0.1, -0.05) is 29.8 Å². The normalized spacial score (nSPS) is 11.0. The highest BCUT2D eigenvalue weighted by atomic mass is 79.9. The van der Waals surface area contributed by atoms with Gasteiger partial charge in [0.05, 0.1) is 6.20 Å². The van der Waals surface area contributed by atoms with Crippen molar-refractivity contribution < 1.29 is 4.74 Å². The van der Waals surface area contributed by atoms with E-state index in [-0.39, 0.29) is 0 Å². The molecule has 1 N–H and O–H groups in total. The molecule has 21 heavy (non-hydrogen) atoms. The van der Waals surface area contributed by atoms with E-state index in [0.717, 1.165) is 27.3 Å². The van der Waals surface area contributed by atoms with Crippen LogP contribution in [0.5, 0.6) is 11.5 Å². The number of ether oxygens (including phenoxy) is 1. The summed E-state index contributed by atoms with van der Waals surface area (Å²) >= 11 is 3.46. The van der Waals surface area contributed by atoms with Crippen LogP contribution < -0.4 is 10.1 Å². The first-order valence-electron chi connectivity index (χ1n) is 6.95. The Kier molecular flexibility index (Phi) is 5.31. The molecule has 1 heterocycles. The quantitative estimate of drug-likeness (QED) is 0.879. The van der Waals surface area contributed by atoms with Crippen LogP contribution in [0.3, 0.4) is 0 Å². The van der Waals surface area contributed by atoms with Gasteiger partial charge in [-0.2, -0.15) is 0 Å². The minimum Gasteiger partial charge on any atom is -0.453 e. The molecular formula is C16H20BrN3O. The van der Waals surface area contributed by atoms with Gasteiger partial charge in [-0.15, -0.1) is 0 Å². The van der Waals surface area contributed by atoms with Crippen molar-refractivity contribution in [2.45, 2.75) is 33.2 Å². The van der Waals surface area contributed by atoms with Crippen LogP contribution in [0.4, 0.5) is 0 Å². The van der Waals surface area contributed by atoms with Gasteiger partial charge in [0.1, 0.15) is 17.3 Å². The van der Waals surface area contributed by atoms with Crippen molar-refractivity contribution >= 4 is 15.9 Å². The average Bonchev–Trinajstić information content (AvgIpc) is 2.43. The lowest BCUT2D eigenvalue weighted by Gasteiger charge is -2.14. The molecule has 0 atom stereocenters. The molecule has 2 rings (SSSR count). The summed E-state index contributed by atoms with van der Waals surface area (Å²) in [7, 11) is 1.89. The number of halogens is 1. The standard InChI is InChI=1S/C16H20BrN3O/c1-10(2)16-19-9-15(13(20-16)8-18-4)21-14-6-5-12(17)7-11(14)3/h5-7,9-10,18H,8H2,1-4H3. The number of rotatable bonds is 5. The second-order valence-electron chi connectivity index (χ2n) is 5.24. The summed E-state index contributed by atoms with van der Waals surface area (Å²) in [6.07, 6.45) is 1.76. The zero-order valence-corrected chi connectivity index (χ0v) is 14.4. The van der Waals surface area contributed by atoms with Gasteiger partial charge in [-0.05, 0) is 37.7 Å². The molecule has 0 fully saturated rings. The molecular weight excluding hydrogens is 330 g/mol. The van der Waals surface area contributed by atoms with E-state index in [1.807, 2.05) is 32.2 Å². The van der Waals surface area contributed by atoms with E-state index in [1.54, 1.807) is 6.20 Å². The number of aryl methyl sites for hydroxylation is 1. The molecule has 1 aromatic carbocycles. The number of benzene rings is 1. The maximum Gasteiger partial charge on any atom is 0.168 e.